The minimum Gasteiger partial charge on any atom is -0.364 e. The van der Waals surface area contributed by atoms with Crippen LogP contribution in [0, 0.1) is 0 Å². The maximum absolute atomic E-state index is 11.1. The molecule has 0 aromatic carbocycles. The Labute approximate surface area is 88.6 Å². The Kier molecular flexibility index (Phi) is 2.70. The van der Waals surface area contributed by atoms with Gasteiger partial charge in [-0.05, 0) is 19.3 Å². The van der Waals surface area contributed by atoms with Crippen molar-refractivity contribution in [3.05, 3.63) is 11.4 Å². The van der Waals surface area contributed by atoms with Gasteiger partial charge in [0.05, 0.1) is 11.7 Å². The Morgan fingerprint density at radius 2 is 2.20 bits per heavy atom. The van der Waals surface area contributed by atoms with Crippen molar-refractivity contribution in [2.75, 3.05) is 0 Å². The van der Waals surface area contributed by atoms with Gasteiger partial charge in [0.25, 0.3) is 5.91 Å². The number of hydrogen-bond donors (Lipinski definition) is 1. The summed E-state index contributed by atoms with van der Waals surface area (Å²) in [6.07, 6.45) is 5.49. The van der Waals surface area contributed by atoms with E-state index in [9.17, 15) is 4.79 Å². The molecule has 1 aromatic rings. The van der Waals surface area contributed by atoms with E-state index >= 15 is 0 Å². The third-order valence-electron chi connectivity index (χ3n) is 3.03. The maximum atomic E-state index is 11.1. The van der Waals surface area contributed by atoms with Crippen molar-refractivity contribution in [1.29, 1.82) is 0 Å². The van der Waals surface area contributed by atoms with Gasteiger partial charge < -0.3 is 5.73 Å². The Balaban J connectivity index is 2.34. The van der Waals surface area contributed by atoms with Gasteiger partial charge in [-0.15, -0.1) is 5.10 Å². The molecule has 1 saturated carbocycles. The molecule has 0 saturated heterocycles. The Morgan fingerprint density at radius 1 is 1.53 bits per heavy atom. The van der Waals surface area contributed by atoms with E-state index in [2.05, 4.69) is 10.3 Å². The Morgan fingerprint density at radius 3 is 2.73 bits per heavy atom. The standard InChI is InChI=1S/C10H16N4O/c1-2-8-9(10(11)15)12-13-14(8)7-5-3-4-6-7/h7H,2-6H2,1H3,(H2,11,15). The average Bonchev–Trinajstić information content (AvgIpc) is 2.85. The molecule has 2 rings (SSSR count). The minimum absolute atomic E-state index is 0.337. The monoisotopic (exact) mass is 208 g/mol. The molecule has 0 spiro atoms. The molecule has 0 aliphatic heterocycles. The fourth-order valence-corrected chi connectivity index (χ4v) is 2.28. The summed E-state index contributed by atoms with van der Waals surface area (Å²) in [6, 6.07) is 0.417. The Hall–Kier alpha value is -1.39. The lowest BCUT2D eigenvalue weighted by molar-refractivity contribution is 0.0994. The van der Waals surface area contributed by atoms with Crippen LogP contribution in [0.25, 0.3) is 0 Å². The van der Waals surface area contributed by atoms with Crippen molar-refractivity contribution in [1.82, 2.24) is 15.0 Å². The van der Waals surface area contributed by atoms with Crippen LogP contribution in [0.2, 0.25) is 0 Å². The number of rotatable bonds is 3. The van der Waals surface area contributed by atoms with Crippen molar-refractivity contribution < 1.29 is 4.79 Å². The van der Waals surface area contributed by atoms with Gasteiger partial charge in [0.15, 0.2) is 5.69 Å². The van der Waals surface area contributed by atoms with Crippen LogP contribution >= 0.6 is 0 Å². The summed E-state index contributed by atoms with van der Waals surface area (Å²) in [5.41, 5.74) is 6.47. The smallest absolute Gasteiger partial charge is 0.271 e. The highest BCUT2D eigenvalue weighted by atomic mass is 16.1. The summed E-state index contributed by atoms with van der Waals surface area (Å²) in [5, 5.41) is 7.93. The van der Waals surface area contributed by atoms with Gasteiger partial charge in [-0.25, -0.2) is 4.68 Å². The van der Waals surface area contributed by atoms with Gasteiger partial charge in [0.2, 0.25) is 0 Å². The largest absolute Gasteiger partial charge is 0.364 e. The second-order valence-electron chi connectivity index (χ2n) is 3.99. The lowest BCUT2D eigenvalue weighted by Gasteiger charge is -2.11. The summed E-state index contributed by atoms with van der Waals surface area (Å²) in [7, 11) is 0. The highest BCUT2D eigenvalue weighted by molar-refractivity contribution is 5.91. The van der Waals surface area contributed by atoms with Gasteiger partial charge in [-0.3, -0.25) is 4.79 Å². The first-order valence-corrected chi connectivity index (χ1v) is 5.48. The second-order valence-corrected chi connectivity index (χ2v) is 3.99. The van der Waals surface area contributed by atoms with Crippen molar-refractivity contribution in [2.45, 2.75) is 45.1 Å². The van der Waals surface area contributed by atoms with E-state index in [0.717, 1.165) is 25.0 Å². The van der Waals surface area contributed by atoms with Crippen molar-refractivity contribution in [2.24, 2.45) is 5.73 Å². The van der Waals surface area contributed by atoms with Crippen LogP contribution in [0.3, 0.4) is 0 Å². The number of aromatic nitrogens is 3. The molecule has 1 aliphatic rings. The van der Waals surface area contributed by atoms with E-state index in [-0.39, 0.29) is 0 Å². The van der Waals surface area contributed by atoms with Crippen LogP contribution in [-0.4, -0.2) is 20.9 Å². The van der Waals surface area contributed by atoms with E-state index in [4.69, 9.17) is 5.73 Å². The molecule has 2 N–H and O–H groups in total. The van der Waals surface area contributed by atoms with Gasteiger partial charge in [0.1, 0.15) is 0 Å². The van der Waals surface area contributed by atoms with Gasteiger partial charge in [-0.2, -0.15) is 0 Å². The zero-order valence-electron chi connectivity index (χ0n) is 8.94. The number of hydrogen-bond acceptors (Lipinski definition) is 3. The molecule has 0 radical (unpaired) electrons. The number of primary amides is 1. The molecule has 1 aliphatic carbocycles. The predicted octanol–water partition coefficient (Wildman–Crippen LogP) is 1.05. The zero-order chi connectivity index (χ0) is 10.8. The molecular formula is C10H16N4O. The highest BCUT2D eigenvalue weighted by Crippen LogP contribution is 2.30. The second kappa shape index (κ2) is 4.00. The fourth-order valence-electron chi connectivity index (χ4n) is 2.28. The predicted molar refractivity (Wildman–Crippen MR) is 55.4 cm³/mol. The first kappa shape index (κ1) is 10.1. The van der Waals surface area contributed by atoms with Crippen LogP contribution in [0.1, 0.15) is 54.8 Å². The molecule has 1 aromatic heterocycles. The molecule has 15 heavy (non-hydrogen) atoms. The number of nitrogens with two attached hydrogens (primary N) is 1. The topological polar surface area (TPSA) is 73.8 Å². The molecule has 5 nitrogen and oxygen atoms in total. The zero-order valence-corrected chi connectivity index (χ0v) is 8.94. The summed E-state index contributed by atoms with van der Waals surface area (Å²) < 4.78 is 1.90. The van der Waals surface area contributed by atoms with Crippen LogP contribution in [0.5, 0.6) is 0 Å². The van der Waals surface area contributed by atoms with Crippen molar-refractivity contribution in [3.63, 3.8) is 0 Å². The molecule has 82 valence electrons. The molecule has 0 atom stereocenters. The van der Waals surface area contributed by atoms with Gasteiger partial charge in [-0.1, -0.05) is 25.0 Å². The SMILES string of the molecule is CCc1c(C(N)=O)nnn1C1CCCC1. The van der Waals surface area contributed by atoms with E-state index in [0.29, 0.717) is 11.7 Å². The van der Waals surface area contributed by atoms with Crippen molar-refractivity contribution >= 4 is 5.91 Å². The third-order valence-corrected chi connectivity index (χ3v) is 3.03. The number of carbonyl (C=O) groups is 1. The van der Waals surface area contributed by atoms with Crippen molar-refractivity contribution in [3.8, 4) is 0 Å². The van der Waals surface area contributed by atoms with E-state index in [1.807, 2.05) is 11.6 Å². The molecule has 1 fully saturated rings. The van der Waals surface area contributed by atoms with Gasteiger partial charge in [0, 0.05) is 0 Å². The molecule has 1 heterocycles. The molecule has 5 heteroatoms. The average molecular weight is 208 g/mol. The fraction of sp³-hybridized carbons (Fsp3) is 0.700. The third kappa shape index (κ3) is 1.73. The summed E-state index contributed by atoms with van der Waals surface area (Å²) in [5.74, 6) is -0.476. The summed E-state index contributed by atoms with van der Waals surface area (Å²) >= 11 is 0. The normalized spacial score (nSPS) is 17.1. The maximum Gasteiger partial charge on any atom is 0.271 e. The van der Waals surface area contributed by atoms with E-state index < -0.39 is 5.91 Å². The molecule has 0 bridgehead atoms. The molecular weight excluding hydrogens is 192 g/mol. The van der Waals surface area contributed by atoms with E-state index in [1.54, 1.807) is 0 Å². The molecule has 0 unspecified atom stereocenters. The first-order chi connectivity index (χ1) is 7.24. The lowest BCUT2D eigenvalue weighted by Crippen LogP contribution is -2.16. The highest BCUT2D eigenvalue weighted by Gasteiger charge is 2.23. The molecule has 1 amide bonds. The van der Waals surface area contributed by atoms with Crippen LogP contribution in [0.15, 0.2) is 0 Å². The van der Waals surface area contributed by atoms with Crippen LogP contribution in [0.4, 0.5) is 0 Å². The minimum atomic E-state index is -0.476. The van der Waals surface area contributed by atoms with E-state index in [1.165, 1.54) is 12.8 Å². The first-order valence-electron chi connectivity index (χ1n) is 5.48. The van der Waals surface area contributed by atoms with Gasteiger partial charge >= 0.3 is 0 Å². The number of carbonyl (C=O) groups excluding carboxylic acids is 1. The summed E-state index contributed by atoms with van der Waals surface area (Å²) in [6.45, 7) is 2.00. The number of amides is 1. The summed E-state index contributed by atoms with van der Waals surface area (Å²) in [4.78, 5) is 11.1. The Bertz CT molecular complexity index is 365. The number of nitrogens with zero attached hydrogens (tertiary/aromatic N) is 3. The quantitative estimate of drug-likeness (QED) is 0.807. The lowest BCUT2D eigenvalue weighted by atomic mass is 10.2. The van der Waals surface area contributed by atoms with Crippen LogP contribution in [-0.2, 0) is 6.42 Å². The van der Waals surface area contributed by atoms with Crippen LogP contribution < -0.4 is 5.73 Å².